The topological polar surface area (TPSA) is 86.3 Å². The lowest BCUT2D eigenvalue weighted by Gasteiger charge is -2.15. The molecule has 33 heavy (non-hydrogen) atoms. The Kier molecular flexibility index (Phi) is 6.35. The van der Waals surface area contributed by atoms with Crippen LogP contribution in [-0.4, -0.2) is 49.0 Å². The Balaban J connectivity index is 1.42. The lowest BCUT2D eigenvalue weighted by Crippen LogP contribution is -2.15. The molecule has 0 aliphatic carbocycles. The maximum Gasteiger partial charge on any atom is 0.257 e. The Bertz CT molecular complexity index is 1250. The van der Waals surface area contributed by atoms with Gasteiger partial charge in [0.25, 0.3) is 5.91 Å². The second-order valence-electron chi connectivity index (χ2n) is 8.09. The van der Waals surface area contributed by atoms with Gasteiger partial charge in [0.2, 0.25) is 5.95 Å². The maximum absolute atomic E-state index is 12.5. The van der Waals surface area contributed by atoms with Crippen molar-refractivity contribution >= 4 is 40.1 Å². The van der Waals surface area contributed by atoms with Gasteiger partial charge in [-0.05, 0) is 42.0 Å². The first-order valence-corrected chi connectivity index (χ1v) is 10.6. The Morgan fingerprint density at radius 3 is 2.30 bits per heavy atom. The SMILES string of the molecule is CN(C)c1ccc(C(=O)Nc2ccc(CNc3nc(N(C)C)nc4ccccc34)cc2)cn1. The summed E-state index contributed by atoms with van der Waals surface area (Å²) in [6, 6.07) is 19.3. The molecule has 4 aromatic rings. The van der Waals surface area contributed by atoms with Crippen molar-refractivity contribution in [3.05, 3.63) is 78.0 Å². The van der Waals surface area contributed by atoms with Crippen molar-refractivity contribution < 1.29 is 4.79 Å². The van der Waals surface area contributed by atoms with E-state index in [1.165, 1.54) is 0 Å². The minimum Gasteiger partial charge on any atom is -0.365 e. The second kappa shape index (κ2) is 9.52. The van der Waals surface area contributed by atoms with Gasteiger partial charge in [0.15, 0.2) is 0 Å². The molecule has 0 aliphatic heterocycles. The predicted molar refractivity (Wildman–Crippen MR) is 134 cm³/mol. The minimum atomic E-state index is -0.192. The molecule has 0 bridgehead atoms. The molecule has 2 N–H and O–H groups in total. The summed E-state index contributed by atoms with van der Waals surface area (Å²) in [5, 5.41) is 7.31. The van der Waals surface area contributed by atoms with Crippen LogP contribution in [0.5, 0.6) is 0 Å². The summed E-state index contributed by atoms with van der Waals surface area (Å²) in [4.78, 5) is 29.8. The molecule has 0 aliphatic rings. The van der Waals surface area contributed by atoms with E-state index in [0.29, 0.717) is 18.1 Å². The lowest BCUT2D eigenvalue weighted by atomic mass is 10.2. The van der Waals surface area contributed by atoms with E-state index in [1.807, 2.05) is 92.6 Å². The molecule has 4 rings (SSSR count). The third-order valence-electron chi connectivity index (χ3n) is 5.13. The molecule has 0 saturated heterocycles. The number of benzene rings is 2. The highest BCUT2D eigenvalue weighted by Gasteiger charge is 2.10. The number of para-hydroxylation sites is 1. The van der Waals surface area contributed by atoms with Crippen molar-refractivity contribution in [1.29, 1.82) is 0 Å². The normalized spacial score (nSPS) is 10.7. The molecule has 0 saturated carbocycles. The predicted octanol–water partition coefficient (Wildman–Crippen LogP) is 4.02. The largest absolute Gasteiger partial charge is 0.365 e. The standard InChI is InChI=1S/C25H27N7O/c1-31(2)22-14-11-18(16-26-22)24(33)28-19-12-9-17(10-13-19)15-27-23-20-7-5-6-8-21(20)29-25(30-23)32(3)4/h5-14,16H,15H2,1-4H3,(H,28,33)(H,27,29,30). The molecule has 168 valence electrons. The molecule has 2 aromatic carbocycles. The van der Waals surface area contributed by atoms with E-state index >= 15 is 0 Å². The van der Waals surface area contributed by atoms with Crippen LogP contribution in [-0.2, 0) is 6.54 Å². The minimum absolute atomic E-state index is 0.192. The number of hydrogen-bond acceptors (Lipinski definition) is 7. The number of aromatic nitrogens is 3. The number of fused-ring (bicyclic) bond motifs is 1. The molecule has 2 heterocycles. The molecule has 8 nitrogen and oxygen atoms in total. The van der Waals surface area contributed by atoms with Gasteiger partial charge >= 0.3 is 0 Å². The summed E-state index contributed by atoms with van der Waals surface area (Å²) >= 11 is 0. The Labute approximate surface area is 193 Å². The van der Waals surface area contributed by atoms with Crippen molar-refractivity contribution in [2.75, 3.05) is 48.6 Å². The van der Waals surface area contributed by atoms with Crippen LogP contribution >= 0.6 is 0 Å². The molecule has 8 heteroatoms. The van der Waals surface area contributed by atoms with E-state index in [-0.39, 0.29) is 5.91 Å². The first kappa shape index (κ1) is 22.0. The number of anilines is 4. The first-order chi connectivity index (χ1) is 15.9. The Morgan fingerprint density at radius 2 is 1.64 bits per heavy atom. The molecule has 1 amide bonds. The molecular formula is C25H27N7O. The fraction of sp³-hybridized carbons (Fsp3) is 0.200. The average Bonchev–Trinajstić information content (AvgIpc) is 2.83. The van der Waals surface area contributed by atoms with Crippen LogP contribution in [0.3, 0.4) is 0 Å². The van der Waals surface area contributed by atoms with Crippen molar-refractivity contribution in [2.45, 2.75) is 6.54 Å². The highest BCUT2D eigenvalue weighted by atomic mass is 16.1. The van der Waals surface area contributed by atoms with Gasteiger partial charge in [-0.15, -0.1) is 0 Å². The van der Waals surface area contributed by atoms with Crippen LogP contribution in [0.4, 0.5) is 23.3 Å². The zero-order valence-electron chi connectivity index (χ0n) is 19.2. The van der Waals surface area contributed by atoms with E-state index < -0.39 is 0 Å². The van der Waals surface area contributed by atoms with Crippen LogP contribution in [0.1, 0.15) is 15.9 Å². The van der Waals surface area contributed by atoms with E-state index in [9.17, 15) is 4.79 Å². The Morgan fingerprint density at radius 1 is 0.879 bits per heavy atom. The van der Waals surface area contributed by atoms with Crippen LogP contribution in [0.25, 0.3) is 10.9 Å². The fourth-order valence-electron chi connectivity index (χ4n) is 3.28. The molecular weight excluding hydrogens is 414 g/mol. The van der Waals surface area contributed by atoms with Gasteiger partial charge in [0.05, 0.1) is 11.1 Å². The van der Waals surface area contributed by atoms with Crippen molar-refractivity contribution in [3.8, 4) is 0 Å². The number of nitrogens with zero attached hydrogens (tertiary/aromatic N) is 5. The van der Waals surface area contributed by atoms with Crippen molar-refractivity contribution in [2.24, 2.45) is 0 Å². The summed E-state index contributed by atoms with van der Waals surface area (Å²) in [6.07, 6.45) is 1.58. The van der Waals surface area contributed by atoms with Gasteiger partial charge in [-0.1, -0.05) is 24.3 Å². The maximum atomic E-state index is 12.5. The fourth-order valence-corrected chi connectivity index (χ4v) is 3.28. The van der Waals surface area contributed by atoms with Gasteiger partial charge in [-0.25, -0.2) is 9.97 Å². The summed E-state index contributed by atoms with van der Waals surface area (Å²) in [7, 11) is 7.67. The molecule has 0 fully saturated rings. The number of carbonyl (C=O) groups excluding carboxylic acids is 1. The summed E-state index contributed by atoms with van der Waals surface area (Å²) in [5.41, 5.74) is 3.20. The average molecular weight is 442 g/mol. The van der Waals surface area contributed by atoms with Crippen LogP contribution in [0, 0.1) is 0 Å². The second-order valence-corrected chi connectivity index (χ2v) is 8.09. The first-order valence-electron chi connectivity index (χ1n) is 10.6. The molecule has 0 radical (unpaired) electrons. The molecule has 2 aromatic heterocycles. The van der Waals surface area contributed by atoms with Crippen molar-refractivity contribution in [3.63, 3.8) is 0 Å². The summed E-state index contributed by atoms with van der Waals surface area (Å²) in [5.74, 6) is 2.05. The van der Waals surface area contributed by atoms with E-state index in [0.717, 1.165) is 33.8 Å². The van der Waals surface area contributed by atoms with Gasteiger partial charge in [0, 0.05) is 52.0 Å². The van der Waals surface area contributed by atoms with Crippen LogP contribution in [0.2, 0.25) is 0 Å². The Hall–Kier alpha value is -4.20. The third kappa shape index (κ3) is 5.17. The highest BCUT2D eigenvalue weighted by Crippen LogP contribution is 2.23. The zero-order chi connectivity index (χ0) is 23.4. The third-order valence-corrected chi connectivity index (χ3v) is 5.13. The number of nitrogens with one attached hydrogen (secondary N) is 2. The quantitative estimate of drug-likeness (QED) is 0.448. The van der Waals surface area contributed by atoms with E-state index in [2.05, 4.69) is 25.6 Å². The van der Waals surface area contributed by atoms with E-state index in [1.54, 1.807) is 12.3 Å². The molecule has 0 unspecified atom stereocenters. The van der Waals surface area contributed by atoms with Gasteiger partial charge in [-0.2, -0.15) is 4.98 Å². The van der Waals surface area contributed by atoms with Crippen molar-refractivity contribution in [1.82, 2.24) is 15.0 Å². The number of rotatable bonds is 7. The van der Waals surface area contributed by atoms with Gasteiger partial charge in [0.1, 0.15) is 11.6 Å². The number of amides is 1. The smallest absolute Gasteiger partial charge is 0.257 e. The number of carbonyl (C=O) groups is 1. The summed E-state index contributed by atoms with van der Waals surface area (Å²) in [6.45, 7) is 0.595. The number of hydrogen-bond donors (Lipinski definition) is 2. The lowest BCUT2D eigenvalue weighted by molar-refractivity contribution is 0.102. The van der Waals surface area contributed by atoms with Gasteiger partial charge < -0.3 is 20.4 Å². The number of pyridine rings is 1. The zero-order valence-corrected chi connectivity index (χ0v) is 19.2. The van der Waals surface area contributed by atoms with Gasteiger partial charge in [-0.3, -0.25) is 4.79 Å². The van der Waals surface area contributed by atoms with E-state index in [4.69, 9.17) is 0 Å². The molecule has 0 spiro atoms. The molecule has 0 atom stereocenters. The van der Waals surface area contributed by atoms with Crippen LogP contribution < -0.4 is 20.4 Å². The summed E-state index contributed by atoms with van der Waals surface area (Å²) < 4.78 is 0. The monoisotopic (exact) mass is 441 g/mol. The highest BCUT2D eigenvalue weighted by molar-refractivity contribution is 6.04. The van der Waals surface area contributed by atoms with Crippen LogP contribution in [0.15, 0.2) is 66.9 Å².